The molecule has 5 nitrogen and oxygen atoms in total. The van der Waals surface area contributed by atoms with Crippen molar-refractivity contribution >= 4 is 51.7 Å². The molecule has 0 aliphatic heterocycles. The lowest BCUT2D eigenvalue weighted by Crippen LogP contribution is -2.00. The SMILES string of the molecule is Nc1cc(N)nc(Sc2cc(F)c(I)cc2N)n1. The molecule has 2 aromatic rings. The topological polar surface area (TPSA) is 104 Å². The van der Waals surface area contributed by atoms with Crippen LogP contribution in [0.2, 0.25) is 0 Å². The van der Waals surface area contributed by atoms with Gasteiger partial charge in [-0.2, -0.15) is 0 Å². The zero-order valence-electron chi connectivity index (χ0n) is 9.02. The van der Waals surface area contributed by atoms with Crippen LogP contribution >= 0.6 is 34.4 Å². The van der Waals surface area contributed by atoms with Crippen molar-refractivity contribution in [2.45, 2.75) is 10.1 Å². The van der Waals surface area contributed by atoms with Crippen LogP contribution in [-0.4, -0.2) is 9.97 Å². The lowest BCUT2D eigenvalue weighted by molar-refractivity contribution is 0.617. The zero-order chi connectivity index (χ0) is 13.3. The van der Waals surface area contributed by atoms with E-state index in [9.17, 15) is 4.39 Å². The molecule has 94 valence electrons. The van der Waals surface area contributed by atoms with Gasteiger partial charge in [-0.1, -0.05) is 0 Å². The minimum absolute atomic E-state index is 0.259. The maximum atomic E-state index is 13.5. The van der Waals surface area contributed by atoms with Crippen LogP contribution in [0.5, 0.6) is 0 Å². The van der Waals surface area contributed by atoms with Crippen molar-refractivity contribution in [2.24, 2.45) is 0 Å². The van der Waals surface area contributed by atoms with Crippen LogP contribution in [0.4, 0.5) is 21.7 Å². The molecular formula is C10H9FIN5S. The molecular weight excluding hydrogens is 368 g/mol. The van der Waals surface area contributed by atoms with Crippen LogP contribution in [0.25, 0.3) is 0 Å². The summed E-state index contributed by atoms with van der Waals surface area (Å²) in [6.45, 7) is 0. The van der Waals surface area contributed by atoms with Crippen LogP contribution in [0.15, 0.2) is 28.3 Å². The van der Waals surface area contributed by atoms with Gasteiger partial charge in [0, 0.05) is 16.6 Å². The standard InChI is InChI=1S/C10H9FIN5S/c11-4-1-7(6(13)2-5(4)12)18-10-16-8(14)3-9(15)17-10/h1-3H,13H2,(H4,14,15,16,17). The van der Waals surface area contributed by atoms with Crippen molar-refractivity contribution < 1.29 is 4.39 Å². The molecule has 0 radical (unpaired) electrons. The first-order valence-corrected chi connectivity index (χ1v) is 6.67. The van der Waals surface area contributed by atoms with Gasteiger partial charge < -0.3 is 17.2 Å². The molecule has 0 atom stereocenters. The van der Waals surface area contributed by atoms with Gasteiger partial charge >= 0.3 is 0 Å². The van der Waals surface area contributed by atoms with E-state index >= 15 is 0 Å². The number of benzene rings is 1. The van der Waals surface area contributed by atoms with E-state index in [1.54, 1.807) is 6.07 Å². The Morgan fingerprint density at radius 1 is 1.06 bits per heavy atom. The molecule has 1 aromatic carbocycles. The maximum absolute atomic E-state index is 13.5. The number of nitrogen functional groups attached to an aromatic ring is 3. The van der Waals surface area contributed by atoms with Crippen LogP contribution in [0.3, 0.4) is 0 Å². The molecule has 0 amide bonds. The summed E-state index contributed by atoms with van der Waals surface area (Å²) in [5, 5.41) is 0.333. The molecule has 2 rings (SSSR count). The maximum Gasteiger partial charge on any atom is 0.196 e. The second-order valence-corrected chi connectivity index (χ2v) is 5.58. The Bertz CT molecular complexity index is 587. The number of hydrogen-bond acceptors (Lipinski definition) is 6. The van der Waals surface area contributed by atoms with Crippen LogP contribution < -0.4 is 17.2 Å². The van der Waals surface area contributed by atoms with Crippen molar-refractivity contribution in [3.8, 4) is 0 Å². The van der Waals surface area contributed by atoms with Crippen LogP contribution in [-0.2, 0) is 0 Å². The third-order valence-electron chi connectivity index (χ3n) is 2.00. The summed E-state index contributed by atoms with van der Waals surface area (Å²) >= 11 is 2.99. The summed E-state index contributed by atoms with van der Waals surface area (Å²) in [6.07, 6.45) is 0. The second kappa shape index (κ2) is 5.14. The van der Waals surface area contributed by atoms with Gasteiger partial charge in [-0.3, -0.25) is 0 Å². The predicted molar refractivity (Wildman–Crippen MR) is 78.5 cm³/mol. The normalized spacial score (nSPS) is 10.6. The lowest BCUT2D eigenvalue weighted by atomic mass is 10.3. The van der Waals surface area contributed by atoms with Gasteiger partial charge in [0.25, 0.3) is 0 Å². The molecule has 0 bridgehead atoms. The molecule has 0 aliphatic rings. The number of anilines is 3. The second-order valence-electron chi connectivity index (χ2n) is 3.41. The Kier molecular flexibility index (Phi) is 3.76. The van der Waals surface area contributed by atoms with Crippen molar-refractivity contribution in [1.82, 2.24) is 9.97 Å². The summed E-state index contributed by atoms with van der Waals surface area (Å²) in [5.74, 6) is 0.174. The molecule has 0 aliphatic carbocycles. The molecule has 1 heterocycles. The average molecular weight is 377 g/mol. The number of halogens is 2. The molecule has 6 N–H and O–H groups in total. The van der Waals surface area contributed by atoms with Crippen molar-refractivity contribution in [3.05, 3.63) is 27.6 Å². The molecule has 0 unspecified atom stereocenters. The molecule has 0 saturated carbocycles. The fourth-order valence-corrected chi connectivity index (χ4v) is 2.57. The van der Waals surface area contributed by atoms with Gasteiger partial charge in [0.2, 0.25) is 0 Å². The highest BCUT2D eigenvalue weighted by molar-refractivity contribution is 14.1. The van der Waals surface area contributed by atoms with Gasteiger partial charge in [0.15, 0.2) is 5.16 Å². The highest BCUT2D eigenvalue weighted by atomic mass is 127. The van der Waals surface area contributed by atoms with Crippen molar-refractivity contribution in [1.29, 1.82) is 0 Å². The van der Waals surface area contributed by atoms with Gasteiger partial charge in [-0.15, -0.1) is 0 Å². The first-order valence-electron chi connectivity index (χ1n) is 4.78. The number of aromatic nitrogens is 2. The molecule has 0 fully saturated rings. The fourth-order valence-electron chi connectivity index (χ4n) is 1.24. The molecule has 0 spiro atoms. The Morgan fingerprint density at radius 3 is 2.28 bits per heavy atom. The van der Waals surface area contributed by atoms with E-state index in [0.717, 1.165) is 11.8 Å². The molecule has 0 saturated heterocycles. The Balaban J connectivity index is 2.36. The smallest absolute Gasteiger partial charge is 0.196 e. The van der Waals surface area contributed by atoms with E-state index in [4.69, 9.17) is 17.2 Å². The van der Waals surface area contributed by atoms with E-state index in [-0.39, 0.29) is 17.5 Å². The average Bonchev–Trinajstić information content (AvgIpc) is 2.24. The highest BCUT2D eigenvalue weighted by Gasteiger charge is 2.10. The quantitative estimate of drug-likeness (QED) is 0.421. The zero-order valence-corrected chi connectivity index (χ0v) is 12.0. The van der Waals surface area contributed by atoms with Crippen LogP contribution in [0, 0.1) is 9.39 Å². The van der Waals surface area contributed by atoms with Crippen molar-refractivity contribution in [2.75, 3.05) is 17.2 Å². The third-order valence-corrected chi connectivity index (χ3v) is 3.76. The highest BCUT2D eigenvalue weighted by Crippen LogP contribution is 2.32. The van der Waals surface area contributed by atoms with E-state index in [1.807, 2.05) is 22.6 Å². The van der Waals surface area contributed by atoms with Gasteiger partial charge in [0.1, 0.15) is 17.5 Å². The number of hydrogen-bond donors (Lipinski definition) is 3. The summed E-state index contributed by atoms with van der Waals surface area (Å²) in [4.78, 5) is 8.51. The Morgan fingerprint density at radius 2 is 1.67 bits per heavy atom. The summed E-state index contributed by atoms with van der Waals surface area (Å²) < 4.78 is 13.9. The minimum atomic E-state index is -0.343. The van der Waals surface area contributed by atoms with E-state index in [2.05, 4.69) is 9.97 Å². The number of rotatable bonds is 2. The summed E-state index contributed by atoms with van der Waals surface area (Å²) in [6, 6.07) is 4.33. The van der Waals surface area contributed by atoms with E-state index in [0.29, 0.717) is 19.3 Å². The lowest BCUT2D eigenvalue weighted by Gasteiger charge is -2.06. The van der Waals surface area contributed by atoms with Crippen molar-refractivity contribution in [3.63, 3.8) is 0 Å². The van der Waals surface area contributed by atoms with Gasteiger partial charge in [-0.05, 0) is 46.5 Å². The van der Waals surface area contributed by atoms with Gasteiger partial charge in [-0.25, -0.2) is 14.4 Å². The fraction of sp³-hybridized carbons (Fsp3) is 0. The summed E-state index contributed by atoms with van der Waals surface area (Å²) in [7, 11) is 0. The largest absolute Gasteiger partial charge is 0.398 e. The Labute approximate surface area is 120 Å². The number of nitrogens with zero attached hydrogens (tertiary/aromatic N) is 2. The first kappa shape index (κ1) is 13.1. The third kappa shape index (κ3) is 2.93. The molecule has 1 aromatic heterocycles. The Hall–Kier alpha value is -1.29. The van der Waals surface area contributed by atoms with Crippen LogP contribution in [0.1, 0.15) is 0 Å². The van der Waals surface area contributed by atoms with Gasteiger partial charge in [0.05, 0.1) is 3.57 Å². The van der Waals surface area contributed by atoms with E-state index in [1.165, 1.54) is 12.1 Å². The minimum Gasteiger partial charge on any atom is -0.398 e. The first-order chi connectivity index (χ1) is 8.45. The molecule has 18 heavy (non-hydrogen) atoms. The predicted octanol–water partition coefficient (Wildman–Crippen LogP) is 2.12. The van der Waals surface area contributed by atoms with E-state index < -0.39 is 0 Å². The molecule has 8 heteroatoms. The number of nitrogens with two attached hydrogens (primary N) is 3. The summed E-state index contributed by atoms with van der Waals surface area (Å²) in [5.41, 5.74) is 17.4. The monoisotopic (exact) mass is 377 g/mol.